The first-order chi connectivity index (χ1) is 10.8. The van der Waals surface area contributed by atoms with Crippen LogP contribution in [0.1, 0.15) is 68.4 Å². The van der Waals surface area contributed by atoms with Crippen molar-refractivity contribution in [3.05, 3.63) is 48.0 Å². The first-order valence-corrected chi connectivity index (χ1v) is 9.12. The van der Waals surface area contributed by atoms with Gasteiger partial charge in [0.25, 0.3) is 0 Å². The Kier molecular flexibility index (Phi) is 5.36. The van der Waals surface area contributed by atoms with Crippen molar-refractivity contribution in [2.75, 3.05) is 0 Å². The van der Waals surface area contributed by atoms with Gasteiger partial charge >= 0.3 is 0 Å². The zero-order chi connectivity index (χ0) is 15.4. The van der Waals surface area contributed by atoms with Crippen LogP contribution >= 0.6 is 0 Å². The molecule has 120 valence electrons. The Balaban J connectivity index is 1.50. The highest BCUT2D eigenvalue weighted by Gasteiger charge is 2.30. The molecular formula is C21H30O. The molecule has 0 unspecified atom stereocenters. The summed E-state index contributed by atoms with van der Waals surface area (Å²) in [4.78, 5) is 0. The third-order valence-corrected chi connectivity index (χ3v) is 6.22. The summed E-state index contributed by atoms with van der Waals surface area (Å²) in [5.41, 5.74) is 2.50. The second kappa shape index (κ2) is 7.46. The number of hydrogen-bond acceptors (Lipinski definition) is 1. The van der Waals surface area contributed by atoms with Crippen molar-refractivity contribution in [1.82, 2.24) is 0 Å². The highest BCUT2D eigenvalue weighted by molar-refractivity contribution is 5.25. The number of aliphatic hydroxyl groups is 1. The van der Waals surface area contributed by atoms with E-state index in [4.69, 9.17) is 5.11 Å². The van der Waals surface area contributed by atoms with Crippen molar-refractivity contribution in [3.8, 4) is 0 Å². The molecule has 3 rings (SSSR count). The largest absolute Gasteiger partial charge is 0.392 e. The molecular weight excluding hydrogens is 268 g/mol. The molecule has 0 aromatic heterocycles. The minimum atomic E-state index is 0.153. The fourth-order valence-corrected chi connectivity index (χ4v) is 4.67. The summed E-state index contributed by atoms with van der Waals surface area (Å²) in [7, 11) is 0. The van der Waals surface area contributed by atoms with E-state index in [1.807, 2.05) is 0 Å². The number of rotatable bonds is 4. The summed E-state index contributed by atoms with van der Waals surface area (Å²) in [6.45, 7) is 4.12. The van der Waals surface area contributed by atoms with Crippen LogP contribution in [0.15, 0.2) is 36.9 Å². The smallest absolute Gasteiger partial charge is 0.0681 e. The Morgan fingerprint density at radius 1 is 0.864 bits per heavy atom. The molecule has 22 heavy (non-hydrogen) atoms. The molecule has 2 aliphatic carbocycles. The van der Waals surface area contributed by atoms with E-state index in [2.05, 4.69) is 36.9 Å². The molecule has 2 aliphatic rings. The van der Waals surface area contributed by atoms with Gasteiger partial charge in [-0.15, -0.1) is 6.58 Å². The number of benzene rings is 1. The zero-order valence-corrected chi connectivity index (χ0v) is 13.7. The third kappa shape index (κ3) is 3.63. The molecule has 0 amide bonds. The quantitative estimate of drug-likeness (QED) is 0.733. The highest BCUT2D eigenvalue weighted by atomic mass is 16.3. The fraction of sp³-hybridized carbons (Fsp3) is 0.619. The van der Waals surface area contributed by atoms with E-state index in [1.54, 1.807) is 0 Å². The SMILES string of the molecule is C=C[C@H]1CC[C@H](C2CCC(c3ccc(CO)cc3)CC2)CC1. The maximum Gasteiger partial charge on any atom is 0.0681 e. The average Bonchev–Trinajstić information content (AvgIpc) is 2.62. The molecule has 0 atom stereocenters. The van der Waals surface area contributed by atoms with Crippen LogP contribution < -0.4 is 0 Å². The molecule has 0 aliphatic heterocycles. The van der Waals surface area contributed by atoms with Crippen molar-refractivity contribution < 1.29 is 5.11 Å². The Labute approximate surface area is 135 Å². The average molecular weight is 298 g/mol. The van der Waals surface area contributed by atoms with Gasteiger partial charge in [-0.3, -0.25) is 0 Å². The number of aliphatic hydroxyl groups excluding tert-OH is 1. The second-order valence-electron chi connectivity index (χ2n) is 7.42. The predicted octanol–water partition coefficient (Wildman–Crippen LogP) is 5.45. The molecule has 1 aromatic carbocycles. The van der Waals surface area contributed by atoms with Crippen LogP contribution in [0, 0.1) is 17.8 Å². The zero-order valence-electron chi connectivity index (χ0n) is 13.7. The van der Waals surface area contributed by atoms with Crippen LogP contribution in [0.2, 0.25) is 0 Å². The summed E-state index contributed by atoms with van der Waals surface area (Å²) in [6, 6.07) is 8.62. The maximum atomic E-state index is 9.15. The lowest BCUT2D eigenvalue weighted by molar-refractivity contribution is 0.171. The lowest BCUT2D eigenvalue weighted by Gasteiger charge is -2.37. The van der Waals surface area contributed by atoms with Gasteiger partial charge in [0.2, 0.25) is 0 Å². The predicted molar refractivity (Wildman–Crippen MR) is 92.7 cm³/mol. The fourth-order valence-electron chi connectivity index (χ4n) is 4.67. The Hall–Kier alpha value is -1.08. The van der Waals surface area contributed by atoms with E-state index in [9.17, 15) is 0 Å². The summed E-state index contributed by atoms with van der Waals surface area (Å²) in [5.74, 6) is 3.48. The van der Waals surface area contributed by atoms with E-state index in [0.717, 1.165) is 29.2 Å². The van der Waals surface area contributed by atoms with E-state index in [-0.39, 0.29) is 6.61 Å². The van der Waals surface area contributed by atoms with E-state index < -0.39 is 0 Å². The van der Waals surface area contributed by atoms with Gasteiger partial charge in [0.1, 0.15) is 0 Å². The molecule has 0 heterocycles. The van der Waals surface area contributed by atoms with Crippen molar-refractivity contribution in [2.24, 2.45) is 17.8 Å². The van der Waals surface area contributed by atoms with Crippen LogP contribution in [-0.2, 0) is 6.61 Å². The van der Waals surface area contributed by atoms with Crippen LogP contribution in [-0.4, -0.2) is 5.11 Å². The van der Waals surface area contributed by atoms with Gasteiger partial charge in [-0.25, -0.2) is 0 Å². The van der Waals surface area contributed by atoms with Crippen LogP contribution in [0.25, 0.3) is 0 Å². The van der Waals surface area contributed by atoms with E-state index in [1.165, 1.54) is 56.9 Å². The molecule has 0 bridgehead atoms. The van der Waals surface area contributed by atoms with Gasteiger partial charge in [-0.1, -0.05) is 30.3 Å². The molecule has 1 nitrogen and oxygen atoms in total. The minimum Gasteiger partial charge on any atom is -0.392 e. The van der Waals surface area contributed by atoms with Crippen molar-refractivity contribution in [1.29, 1.82) is 0 Å². The normalized spacial score (nSPS) is 32.6. The molecule has 1 N–H and O–H groups in total. The summed E-state index contributed by atoms with van der Waals surface area (Å²) < 4.78 is 0. The first kappa shape index (κ1) is 15.8. The van der Waals surface area contributed by atoms with Gasteiger partial charge in [0.05, 0.1) is 6.61 Å². The number of allylic oxidation sites excluding steroid dienone is 1. The Morgan fingerprint density at radius 2 is 1.41 bits per heavy atom. The van der Waals surface area contributed by atoms with E-state index >= 15 is 0 Å². The van der Waals surface area contributed by atoms with Crippen LogP contribution in [0.3, 0.4) is 0 Å². The molecule has 2 saturated carbocycles. The molecule has 0 spiro atoms. The minimum absolute atomic E-state index is 0.153. The van der Waals surface area contributed by atoms with Gasteiger partial charge in [0, 0.05) is 0 Å². The highest BCUT2D eigenvalue weighted by Crippen LogP contribution is 2.43. The molecule has 0 radical (unpaired) electrons. The summed E-state index contributed by atoms with van der Waals surface area (Å²) in [6.07, 6.45) is 13.3. The lowest BCUT2D eigenvalue weighted by atomic mass is 9.68. The van der Waals surface area contributed by atoms with Crippen molar-refractivity contribution in [3.63, 3.8) is 0 Å². The monoisotopic (exact) mass is 298 g/mol. The van der Waals surface area contributed by atoms with Gasteiger partial charge < -0.3 is 5.11 Å². The maximum absolute atomic E-state index is 9.15. The Morgan fingerprint density at radius 3 is 1.91 bits per heavy atom. The van der Waals surface area contributed by atoms with Crippen LogP contribution in [0.4, 0.5) is 0 Å². The van der Waals surface area contributed by atoms with Gasteiger partial charge in [-0.05, 0) is 86.2 Å². The summed E-state index contributed by atoms with van der Waals surface area (Å²) >= 11 is 0. The second-order valence-corrected chi connectivity index (χ2v) is 7.42. The van der Waals surface area contributed by atoms with Crippen molar-refractivity contribution >= 4 is 0 Å². The summed E-state index contributed by atoms with van der Waals surface area (Å²) in [5, 5.41) is 9.15. The lowest BCUT2D eigenvalue weighted by Crippen LogP contribution is -2.25. The van der Waals surface area contributed by atoms with E-state index in [0.29, 0.717) is 0 Å². The van der Waals surface area contributed by atoms with Crippen molar-refractivity contribution in [2.45, 2.75) is 63.9 Å². The Bertz CT molecular complexity index is 459. The topological polar surface area (TPSA) is 20.2 Å². The molecule has 0 saturated heterocycles. The van der Waals surface area contributed by atoms with Gasteiger partial charge in [-0.2, -0.15) is 0 Å². The van der Waals surface area contributed by atoms with Crippen LogP contribution in [0.5, 0.6) is 0 Å². The standard InChI is InChI=1S/C21H30O/c1-2-16-3-7-18(8-4-16)20-11-13-21(14-12-20)19-9-5-17(15-22)6-10-19/h2,5-6,9-10,16,18,20-22H,1,3-4,7-8,11-15H2/t16-,18-,20?,21?. The third-order valence-electron chi connectivity index (χ3n) is 6.22. The first-order valence-electron chi connectivity index (χ1n) is 9.12. The molecule has 1 heteroatoms. The number of hydrogen-bond donors (Lipinski definition) is 1. The molecule has 1 aromatic rings. The molecule has 2 fully saturated rings. The van der Waals surface area contributed by atoms with Gasteiger partial charge in [0.15, 0.2) is 0 Å².